The number of carbonyl (C=O) groups excluding carboxylic acids is 1. The Morgan fingerprint density at radius 1 is 1.50 bits per heavy atom. The van der Waals surface area contributed by atoms with Crippen molar-refractivity contribution in [3.63, 3.8) is 0 Å². The van der Waals surface area contributed by atoms with Crippen LogP contribution >= 0.6 is 0 Å². The highest BCUT2D eigenvalue weighted by Crippen LogP contribution is 2.31. The van der Waals surface area contributed by atoms with Crippen LogP contribution in [0.1, 0.15) is 29.6 Å². The van der Waals surface area contributed by atoms with E-state index in [9.17, 15) is 14.3 Å². The van der Waals surface area contributed by atoms with Crippen LogP contribution in [0.2, 0.25) is 0 Å². The Morgan fingerprint density at radius 2 is 2.25 bits per heavy atom. The van der Waals surface area contributed by atoms with E-state index in [0.29, 0.717) is 6.54 Å². The molecule has 0 radical (unpaired) electrons. The van der Waals surface area contributed by atoms with Gasteiger partial charge in [0.15, 0.2) is 0 Å². The molecule has 86 valence electrons. The summed E-state index contributed by atoms with van der Waals surface area (Å²) in [6.07, 6.45) is 3.48. The third kappa shape index (κ3) is 2.72. The minimum atomic E-state index is -0.549. The van der Waals surface area contributed by atoms with Gasteiger partial charge in [0.1, 0.15) is 11.6 Å². The Bertz CT molecular complexity index is 402. The van der Waals surface area contributed by atoms with Crippen molar-refractivity contribution in [3.8, 4) is 5.75 Å². The number of rotatable bonds is 4. The molecule has 4 heteroatoms. The van der Waals surface area contributed by atoms with E-state index in [4.69, 9.17) is 0 Å². The van der Waals surface area contributed by atoms with Gasteiger partial charge in [-0.25, -0.2) is 4.39 Å². The lowest BCUT2D eigenvalue weighted by molar-refractivity contribution is 0.0950. The maximum atomic E-state index is 12.7. The molecule has 1 aromatic rings. The van der Waals surface area contributed by atoms with Crippen LogP contribution in [0, 0.1) is 11.7 Å². The molecule has 0 heterocycles. The fraction of sp³-hybridized carbons (Fsp3) is 0.417. The predicted octanol–water partition coefficient (Wildman–Crippen LogP) is 2.06. The summed E-state index contributed by atoms with van der Waals surface area (Å²) in [5, 5.41) is 12.1. The lowest BCUT2D eigenvalue weighted by Gasteiger charge is -2.06. The molecule has 0 unspecified atom stereocenters. The summed E-state index contributed by atoms with van der Waals surface area (Å²) >= 11 is 0. The van der Waals surface area contributed by atoms with E-state index in [2.05, 4.69) is 5.32 Å². The third-order valence-electron chi connectivity index (χ3n) is 2.74. The van der Waals surface area contributed by atoms with Gasteiger partial charge in [0.05, 0.1) is 5.56 Å². The molecule has 1 fully saturated rings. The first-order chi connectivity index (χ1) is 7.66. The molecule has 2 N–H and O–H groups in total. The predicted molar refractivity (Wildman–Crippen MR) is 57.7 cm³/mol. The van der Waals surface area contributed by atoms with Gasteiger partial charge in [-0.15, -0.1) is 0 Å². The van der Waals surface area contributed by atoms with E-state index in [1.807, 2.05) is 0 Å². The van der Waals surface area contributed by atoms with Crippen molar-refractivity contribution in [2.45, 2.75) is 19.3 Å². The molecular weight excluding hydrogens is 209 g/mol. The zero-order chi connectivity index (χ0) is 11.5. The van der Waals surface area contributed by atoms with Gasteiger partial charge in [0.2, 0.25) is 0 Å². The molecule has 0 saturated heterocycles. The fourth-order valence-electron chi connectivity index (χ4n) is 1.59. The van der Waals surface area contributed by atoms with Gasteiger partial charge in [-0.05, 0) is 24.5 Å². The van der Waals surface area contributed by atoms with Crippen molar-refractivity contribution < 1.29 is 14.3 Å². The van der Waals surface area contributed by atoms with Gasteiger partial charge in [0.25, 0.3) is 5.91 Å². The quantitative estimate of drug-likeness (QED) is 0.820. The van der Waals surface area contributed by atoms with Crippen molar-refractivity contribution in [3.05, 3.63) is 29.6 Å². The standard InChI is InChI=1S/C12H14FNO2/c13-9-3-4-10(11(15)7-9)12(16)14-6-5-8-1-2-8/h3-4,7-8,15H,1-2,5-6H2,(H,14,16). The van der Waals surface area contributed by atoms with Gasteiger partial charge >= 0.3 is 0 Å². The van der Waals surface area contributed by atoms with E-state index >= 15 is 0 Å². The minimum Gasteiger partial charge on any atom is -0.507 e. The van der Waals surface area contributed by atoms with Crippen LogP contribution in [0.15, 0.2) is 18.2 Å². The Kier molecular flexibility index (Phi) is 3.08. The summed E-state index contributed by atoms with van der Waals surface area (Å²) in [5.41, 5.74) is 0.122. The molecule has 1 saturated carbocycles. The summed E-state index contributed by atoms with van der Waals surface area (Å²) < 4.78 is 12.7. The van der Waals surface area contributed by atoms with Crippen molar-refractivity contribution in [1.29, 1.82) is 0 Å². The lowest BCUT2D eigenvalue weighted by atomic mass is 10.2. The Balaban J connectivity index is 1.91. The molecule has 0 bridgehead atoms. The largest absolute Gasteiger partial charge is 0.507 e. The second-order valence-corrected chi connectivity index (χ2v) is 4.15. The van der Waals surface area contributed by atoms with Crippen LogP contribution in [0.3, 0.4) is 0 Å². The van der Waals surface area contributed by atoms with E-state index in [0.717, 1.165) is 24.5 Å². The van der Waals surface area contributed by atoms with Crippen LogP contribution in [0.25, 0.3) is 0 Å². The summed E-state index contributed by atoms with van der Waals surface area (Å²) in [6.45, 7) is 0.611. The summed E-state index contributed by atoms with van der Waals surface area (Å²) in [4.78, 5) is 11.6. The average molecular weight is 223 g/mol. The van der Waals surface area contributed by atoms with Gasteiger partial charge in [0, 0.05) is 12.6 Å². The molecule has 1 aliphatic rings. The molecule has 1 amide bonds. The Hall–Kier alpha value is -1.58. The first kappa shape index (κ1) is 10.9. The smallest absolute Gasteiger partial charge is 0.255 e. The topological polar surface area (TPSA) is 49.3 Å². The van der Waals surface area contributed by atoms with Crippen LogP contribution in [-0.4, -0.2) is 17.6 Å². The maximum absolute atomic E-state index is 12.7. The molecule has 1 aromatic carbocycles. The number of benzene rings is 1. The van der Waals surface area contributed by atoms with Crippen molar-refractivity contribution in [2.75, 3.05) is 6.54 Å². The van der Waals surface area contributed by atoms with Crippen LogP contribution in [-0.2, 0) is 0 Å². The van der Waals surface area contributed by atoms with Crippen molar-refractivity contribution in [1.82, 2.24) is 5.32 Å². The van der Waals surface area contributed by atoms with Crippen LogP contribution in [0.5, 0.6) is 5.75 Å². The molecule has 0 aromatic heterocycles. The molecule has 0 atom stereocenters. The van der Waals surface area contributed by atoms with Gasteiger partial charge in [-0.2, -0.15) is 0 Å². The third-order valence-corrected chi connectivity index (χ3v) is 2.74. The Morgan fingerprint density at radius 3 is 2.88 bits per heavy atom. The minimum absolute atomic E-state index is 0.122. The van der Waals surface area contributed by atoms with Gasteiger partial charge in [-0.1, -0.05) is 12.8 Å². The fourth-order valence-corrected chi connectivity index (χ4v) is 1.59. The molecule has 0 spiro atoms. The van der Waals surface area contributed by atoms with Gasteiger partial charge in [-0.3, -0.25) is 4.79 Å². The molecule has 3 nitrogen and oxygen atoms in total. The zero-order valence-electron chi connectivity index (χ0n) is 8.87. The summed E-state index contributed by atoms with van der Waals surface area (Å²) in [5.74, 6) is -0.462. The number of hydrogen-bond donors (Lipinski definition) is 2. The molecule has 0 aliphatic heterocycles. The van der Waals surface area contributed by atoms with Crippen LogP contribution < -0.4 is 5.32 Å². The number of amides is 1. The van der Waals surface area contributed by atoms with Crippen LogP contribution in [0.4, 0.5) is 4.39 Å². The number of phenols is 1. The SMILES string of the molecule is O=C(NCCC1CC1)c1ccc(F)cc1O. The van der Waals surface area contributed by atoms with E-state index < -0.39 is 5.82 Å². The second kappa shape index (κ2) is 4.51. The molecule has 16 heavy (non-hydrogen) atoms. The van der Waals surface area contributed by atoms with Crippen molar-refractivity contribution in [2.24, 2.45) is 5.92 Å². The monoisotopic (exact) mass is 223 g/mol. The first-order valence-corrected chi connectivity index (χ1v) is 5.43. The van der Waals surface area contributed by atoms with E-state index in [1.54, 1.807) is 0 Å². The molecule has 2 rings (SSSR count). The normalized spacial score (nSPS) is 14.8. The number of nitrogens with one attached hydrogen (secondary N) is 1. The number of hydrogen-bond acceptors (Lipinski definition) is 2. The highest BCUT2D eigenvalue weighted by molar-refractivity contribution is 5.96. The highest BCUT2D eigenvalue weighted by Gasteiger charge is 2.21. The number of halogens is 1. The summed E-state index contributed by atoms with van der Waals surface area (Å²) in [6, 6.07) is 3.39. The number of aromatic hydroxyl groups is 1. The summed E-state index contributed by atoms with van der Waals surface area (Å²) in [7, 11) is 0. The maximum Gasteiger partial charge on any atom is 0.255 e. The molecular formula is C12H14FNO2. The van der Waals surface area contributed by atoms with Gasteiger partial charge < -0.3 is 10.4 Å². The Labute approximate surface area is 93.3 Å². The number of phenolic OH excluding ortho intramolecular Hbond substituents is 1. The van der Waals surface area contributed by atoms with E-state index in [1.165, 1.54) is 18.9 Å². The van der Waals surface area contributed by atoms with Crippen molar-refractivity contribution >= 4 is 5.91 Å². The lowest BCUT2D eigenvalue weighted by Crippen LogP contribution is -2.24. The second-order valence-electron chi connectivity index (χ2n) is 4.15. The molecule has 1 aliphatic carbocycles. The number of carbonyl (C=O) groups is 1. The average Bonchev–Trinajstić information content (AvgIpc) is 3.01. The highest BCUT2D eigenvalue weighted by atomic mass is 19.1. The van der Waals surface area contributed by atoms with E-state index in [-0.39, 0.29) is 17.2 Å². The first-order valence-electron chi connectivity index (χ1n) is 5.43. The zero-order valence-corrected chi connectivity index (χ0v) is 8.87.